The van der Waals surface area contributed by atoms with Crippen molar-refractivity contribution in [3.63, 3.8) is 0 Å². The number of sulfonamides is 1. The fourth-order valence-corrected chi connectivity index (χ4v) is 6.26. The highest BCUT2D eigenvalue weighted by molar-refractivity contribution is 7.89. The number of aliphatic carboxylic acids is 1. The van der Waals surface area contributed by atoms with E-state index in [4.69, 9.17) is 0 Å². The molecule has 0 amide bonds. The van der Waals surface area contributed by atoms with Crippen molar-refractivity contribution in [2.24, 2.45) is 0 Å². The third-order valence-corrected chi connectivity index (χ3v) is 7.32. The minimum Gasteiger partial charge on any atom is -0.480 e. The van der Waals surface area contributed by atoms with Gasteiger partial charge in [0.2, 0.25) is 10.0 Å². The Kier molecular flexibility index (Phi) is 4.67. The minimum atomic E-state index is -3.97. The van der Waals surface area contributed by atoms with Crippen LogP contribution in [-0.2, 0) is 21.2 Å². The van der Waals surface area contributed by atoms with Gasteiger partial charge in [-0.1, -0.05) is 42.0 Å². The van der Waals surface area contributed by atoms with Crippen LogP contribution in [0.2, 0.25) is 0 Å². The average molecular weight is 373 g/mol. The fraction of sp³-hybridized carbons (Fsp3) is 0.350. The normalized spacial score (nSPS) is 20.6. The first kappa shape index (κ1) is 18.6. The van der Waals surface area contributed by atoms with Gasteiger partial charge in [0.05, 0.1) is 4.90 Å². The molecule has 0 aliphatic carbocycles. The molecular formula is C20H23NO4S. The predicted octanol–water partition coefficient (Wildman–Crippen LogP) is 3.37. The molecule has 1 N–H and O–H groups in total. The molecule has 5 nitrogen and oxygen atoms in total. The molecular weight excluding hydrogens is 350 g/mol. The first-order valence-electron chi connectivity index (χ1n) is 8.56. The molecule has 138 valence electrons. The maximum atomic E-state index is 13.5. The Morgan fingerprint density at radius 3 is 2.27 bits per heavy atom. The topological polar surface area (TPSA) is 74.7 Å². The molecule has 0 bridgehead atoms. The molecule has 0 saturated heterocycles. The van der Waals surface area contributed by atoms with E-state index in [0.717, 1.165) is 16.7 Å². The summed E-state index contributed by atoms with van der Waals surface area (Å²) in [6, 6.07) is 9.41. The molecule has 0 fully saturated rings. The molecule has 0 radical (unpaired) electrons. The van der Waals surface area contributed by atoms with Crippen molar-refractivity contribution in [2.45, 2.75) is 51.1 Å². The summed E-state index contributed by atoms with van der Waals surface area (Å²) < 4.78 is 28.2. The zero-order chi connectivity index (χ0) is 19.2. The lowest BCUT2D eigenvalue weighted by molar-refractivity contribution is -0.142. The zero-order valence-corrected chi connectivity index (χ0v) is 16.2. The Morgan fingerprint density at radius 2 is 1.69 bits per heavy atom. The summed E-state index contributed by atoms with van der Waals surface area (Å²) in [6.45, 7) is 7.18. The average Bonchev–Trinajstić information content (AvgIpc) is 2.53. The Morgan fingerprint density at radius 1 is 1.12 bits per heavy atom. The lowest BCUT2D eigenvalue weighted by Gasteiger charge is -2.39. The number of hydrogen-bond donors (Lipinski definition) is 1. The molecule has 2 unspecified atom stereocenters. The summed E-state index contributed by atoms with van der Waals surface area (Å²) >= 11 is 0. The highest BCUT2D eigenvalue weighted by Crippen LogP contribution is 2.38. The number of fused-ring (bicyclic) bond motifs is 1. The number of carbonyl (C=O) groups is 1. The molecule has 2 aromatic rings. The maximum absolute atomic E-state index is 13.5. The maximum Gasteiger partial charge on any atom is 0.322 e. The van der Waals surface area contributed by atoms with Crippen molar-refractivity contribution in [3.05, 3.63) is 64.2 Å². The predicted molar refractivity (Wildman–Crippen MR) is 99.7 cm³/mol. The van der Waals surface area contributed by atoms with Crippen LogP contribution in [0.3, 0.4) is 0 Å². The van der Waals surface area contributed by atoms with Crippen molar-refractivity contribution in [3.8, 4) is 0 Å². The van der Waals surface area contributed by atoms with Crippen LogP contribution < -0.4 is 0 Å². The summed E-state index contributed by atoms with van der Waals surface area (Å²) in [5.41, 5.74) is 3.99. The van der Waals surface area contributed by atoms with E-state index in [1.165, 1.54) is 4.31 Å². The number of nitrogens with zero attached hydrogens (tertiary/aromatic N) is 1. The number of carboxylic acids is 1. The molecule has 3 rings (SSSR count). The van der Waals surface area contributed by atoms with Gasteiger partial charge in [0.25, 0.3) is 0 Å². The van der Waals surface area contributed by atoms with Gasteiger partial charge in [-0.25, -0.2) is 8.42 Å². The number of hydrogen-bond acceptors (Lipinski definition) is 3. The fourth-order valence-electron chi connectivity index (χ4n) is 4.08. The van der Waals surface area contributed by atoms with E-state index in [9.17, 15) is 18.3 Å². The van der Waals surface area contributed by atoms with Gasteiger partial charge in [-0.3, -0.25) is 4.79 Å². The van der Waals surface area contributed by atoms with Crippen LogP contribution in [0.1, 0.15) is 40.8 Å². The molecule has 6 heteroatoms. The number of carboxylic acid groups (broad SMARTS) is 1. The largest absolute Gasteiger partial charge is 0.480 e. The van der Waals surface area contributed by atoms with E-state index in [-0.39, 0.29) is 11.3 Å². The summed E-state index contributed by atoms with van der Waals surface area (Å²) in [4.78, 5) is 12.1. The quantitative estimate of drug-likeness (QED) is 0.895. The standard InChI is InChI=1S/C20H23NO4S/c1-12-9-13(2)19(14(3)10-12)26(24,25)21-15(4)17-8-6-5-7-16(17)11-18(21)20(22)23/h5-10,15,18H,11H2,1-4H3,(H,22,23). The van der Waals surface area contributed by atoms with Crippen LogP contribution >= 0.6 is 0 Å². The Labute approximate surface area is 154 Å². The lowest BCUT2D eigenvalue weighted by Crippen LogP contribution is -2.50. The number of aryl methyl sites for hydroxylation is 3. The zero-order valence-electron chi connectivity index (χ0n) is 15.4. The number of rotatable bonds is 3. The molecule has 0 saturated carbocycles. The first-order chi connectivity index (χ1) is 12.1. The highest BCUT2D eigenvalue weighted by Gasteiger charge is 2.44. The molecule has 2 aromatic carbocycles. The molecule has 26 heavy (non-hydrogen) atoms. The highest BCUT2D eigenvalue weighted by atomic mass is 32.2. The van der Waals surface area contributed by atoms with Gasteiger partial charge >= 0.3 is 5.97 Å². The van der Waals surface area contributed by atoms with Gasteiger partial charge in [0.1, 0.15) is 6.04 Å². The number of benzene rings is 2. The van der Waals surface area contributed by atoms with Crippen molar-refractivity contribution >= 4 is 16.0 Å². The van der Waals surface area contributed by atoms with Crippen LogP contribution in [0.15, 0.2) is 41.3 Å². The first-order valence-corrected chi connectivity index (χ1v) is 10.0. The van der Waals surface area contributed by atoms with E-state index in [2.05, 4.69) is 0 Å². The van der Waals surface area contributed by atoms with Gasteiger partial charge in [-0.2, -0.15) is 4.31 Å². The Hall–Kier alpha value is -2.18. The van der Waals surface area contributed by atoms with Crippen molar-refractivity contribution in [2.75, 3.05) is 0 Å². The molecule has 1 heterocycles. The second kappa shape index (κ2) is 6.52. The van der Waals surface area contributed by atoms with Gasteiger partial charge < -0.3 is 5.11 Å². The molecule has 0 spiro atoms. The molecule has 0 aromatic heterocycles. The van der Waals surface area contributed by atoms with Crippen LogP contribution in [0.25, 0.3) is 0 Å². The molecule has 2 atom stereocenters. The van der Waals surface area contributed by atoms with E-state index in [1.807, 2.05) is 43.3 Å². The third kappa shape index (κ3) is 2.93. The summed E-state index contributed by atoms with van der Waals surface area (Å²) in [5.74, 6) is -1.13. The smallest absolute Gasteiger partial charge is 0.322 e. The Bertz CT molecular complexity index is 958. The lowest BCUT2D eigenvalue weighted by atomic mass is 9.91. The summed E-state index contributed by atoms with van der Waals surface area (Å²) in [5, 5.41) is 9.74. The van der Waals surface area contributed by atoms with E-state index in [1.54, 1.807) is 20.8 Å². The molecule has 1 aliphatic rings. The summed E-state index contributed by atoms with van der Waals surface area (Å²) in [6.07, 6.45) is 0.166. The molecule has 1 aliphatic heterocycles. The van der Waals surface area contributed by atoms with Gasteiger partial charge in [0.15, 0.2) is 0 Å². The van der Waals surface area contributed by atoms with E-state index >= 15 is 0 Å². The SMILES string of the molecule is Cc1cc(C)c(S(=O)(=O)N2C(C(=O)O)Cc3ccccc3C2C)c(C)c1. The van der Waals surface area contributed by atoms with Crippen molar-refractivity contribution in [1.82, 2.24) is 4.31 Å². The monoisotopic (exact) mass is 373 g/mol. The van der Waals surface area contributed by atoms with Crippen LogP contribution in [0.4, 0.5) is 0 Å². The van der Waals surface area contributed by atoms with Gasteiger partial charge in [-0.15, -0.1) is 0 Å². The van der Waals surface area contributed by atoms with Crippen LogP contribution in [-0.4, -0.2) is 29.8 Å². The third-order valence-electron chi connectivity index (χ3n) is 5.03. The van der Waals surface area contributed by atoms with Crippen molar-refractivity contribution < 1.29 is 18.3 Å². The van der Waals surface area contributed by atoms with Gasteiger partial charge in [-0.05, 0) is 49.9 Å². The van der Waals surface area contributed by atoms with Gasteiger partial charge in [0, 0.05) is 12.5 Å². The second-order valence-corrected chi connectivity index (χ2v) is 8.78. The van der Waals surface area contributed by atoms with Crippen molar-refractivity contribution in [1.29, 1.82) is 0 Å². The second-order valence-electron chi connectivity index (χ2n) is 7.00. The minimum absolute atomic E-state index is 0.166. The Balaban J connectivity index is 2.21. The van der Waals surface area contributed by atoms with Crippen LogP contribution in [0, 0.1) is 20.8 Å². The summed E-state index contributed by atoms with van der Waals surface area (Å²) in [7, 11) is -3.97. The van der Waals surface area contributed by atoms with E-state index < -0.39 is 28.1 Å². The van der Waals surface area contributed by atoms with E-state index in [0.29, 0.717) is 11.1 Å². The van der Waals surface area contributed by atoms with Crippen LogP contribution in [0.5, 0.6) is 0 Å².